The monoisotopic (exact) mass is 280 g/mol. The Kier molecular flexibility index (Phi) is 6.64. The number of aliphatic imine (C=N–C) groups is 1. The Bertz CT molecular complexity index is 289. The molecule has 0 aromatic rings. The molecule has 2 saturated heterocycles. The van der Waals surface area contributed by atoms with E-state index in [0.717, 1.165) is 31.5 Å². The number of nitrogens with two attached hydrogens (primary N) is 1. The number of hydrogen-bond donors (Lipinski definition) is 1. The first kappa shape index (κ1) is 15.6. The van der Waals surface area contributed by atoms with E-state index in [2.05, 4.69) is 21.7 Å². The van der Waals surface area contributed by atoms with Crippen molar-refractivity contribution in [1.29, 1.82) is 0 Å². The molecule has 0 saturated carbocycles. The van der Waals surface area contributed by atoms with E-state index in [1.807, 2.05) is 0 Å². The molecule has 2 heterocycles. The highest BCUT2D eigenvalue weighted by Crippen LogP contribution is 2.16. The van der Waals surface area contributed by atoms with Crippen molar-refractivity contribution in [1.82, 2.24) is 9.80 Å². The number of hydrogen-bond acceptors (Lipinski definition) is 2. The van der Waals surface area contributed by atoms with Crippen LogP contribution in [0.3, 0.4) is 0 Å². The van der Waals surface area contributed by atoms with Gasteiger partial charge in [0.1, 0.15) is 0 Å². The standard InChI is InChI=1S/C16H32N4/c1-15-7-13-19(14-8-15)10-6-3-9-18-16(17)20-11-4-2-5-12-20/h15H,2-14H2,1H3,(H2,17,18). The van der Waals surface area contributed by atoms with Crippen LogP contribution >= 0.6 is 0 Å². The van der Waals surface area contributed by atoms with Crippen LogP contribution in [0.2, 0.25) is 0 Å². The van der Waals surface area contributed by atoms with Gasteiger partial charge in [0.05, 0.1) is 0 Å². The van der Waals surface area contributed by atoms with Crippen molar-refractivity contribution in [2.75, 3.05) is 39.3 Å². The molecule has 2 N–H and O–H groups in total. The number of guanidine groups is 1. The largest absolute Gasteiger partial charge is 0.370 e. The van der Waals surface area contributed by atoms with Gasteiger partial charge in [0.25, 0.3) is 0 Å². The van der Waals surface area contributed by atoms with Gasteiger partial charge < -0.3 is 15.5 Å². The van der Waals surface area contributed by atoms with Crippen molar-refractivity contribution in [3.05, 3.63) is 0 Å². The summed E-state index contributed by atoms with van der Waals surface area (Å²) in [5, 5.41) is 0. The molecule has 2 aliphatic heterocycles. The molecule has 0 aliphatic carbocycles. The lowest BCUT2D eigenvalue weighted by Crippen LogP contribution is -2.40. The third-order valence-corrected chi connectivity index (χ3v) is 4.71. The van der Waals surface area contributed by atoms with Crippen LogP contribution in [0.15, 0.2) is 4.99 Å². The van der Waals surface area contributed by atoms with Crippen LogP contribution in [0.5, 0.6) is 0 Å². The summed E-state index contributed by atoms with van der Waals surface area (Å²) in [6.45, 7) is 9.29. The van der Waals surface area contributed by atoms with Gasteiger partial charge in [0.15, 0.2) is 5.96 Å². The summed E-state index contributed by atoms with van der Waals surface area (Å²) in [5.41, 5.74) is 6.05. The van der Waals surface area contributed by atoms with Crippen molar-refractivity contribution in [3.8, 4) is 0 Å². The summed E-state index contributed by atoms with van der Waals surface area (Å²) in [4.78, 5) is 9.40. The first-order chi connectivity index (χ1) is 9.75. The molecular formula is C16H32N4. The lowest BCUT2D eigenvalue weighted by Gasteiger charge is -2.30. The van der Waals surface area contributed by atoms with E-state index in [4.69, 9.17) is 5.73 Å². The zero-order chi connectivity index (χ0) is 14.2. The van der Waals surface area contributed by atoms with E-state index >= 15 is 0 Å². The third kappa shape index (κ3) is 5.31. The van der Waals surface area contributed by atoms with Crippen LogP contribution in [0.25, 0.3) is 0 Å². The average molecular weight is 280 g/mol. The van der Waals surface area contributed by atoms with Gasteiger partial charge in [0, 0.05) is 19.6 Å². The van der Waals surface area contributed by atoms with E-state index in [1.165, 1.54) is 64.6 Å². The van der Waals surface area contributed by atoms with Crippen molar-refractivity contribution in [2.45, 2.75) is 51.9 Å². The predicted octanol–water partition coefficient (Wildman–Crippen LogP) is 2.30. The topological polar surface area (TPSA) is 44.9 Å². The maximum atomic E-state index is 6.05. The highest BCUT2D eigenvalue weighted by atomic mass is 15.2. The molecule has 116 valence electrons. The molecular weight excluding hydrogens is 248 g/mol. The molecule has 0 atom stereocenters. The van der Waals surface area contributed by atoms with E-state index in [-0.39, 0.29) is 0 Å². The highest BCUT2D eigenvalue weighted by molar-refractivity contribution is 5.78. The van der Waals surface area contributed by atoms with Crippen LogP contribution in [-0.2, 0) is 0 Å². The fourth-order valence-corrected chi connectivity index (χ4v) is 3.15. The van der Waals surface area contributed by atoms with Crippen molar-refractivity contribution >= 4 is 5.96 Å². The van der Waals surface area contributed by atoms with Crippen LogP contribution < -0.4 is 5.73 Å². The summed E-state index contributed by atoms with van der Waals surface area (Å²) in [7, 11) is 0. The Labute approximate surface area is 124 Å². The molecule has 0 amide bonds. The lowest BCUT2D eigenvalue weighted by molar-refractivity contribution is 0.190. The van der Waals surface area contributed by atoms with E-state index in [1.54, 1.807) is 0 Å². The van der Waals surface area contributed by atoms with Gasteiger partial charge in [-0.2, -0.15) is 0 Å². The summed E-state index contributed by atoms with van der Waals surface area (Å²) < 4.78 is 0. The average Bonchev–Trinajstić information content (AvgIpc) is 2.49. The minimum Gasteiger partial charge on any atom is -0.370 e. The fraction of sp³-hybridized carbons (Fsp3) is 0.938. The quantitative estimate of drug-likeness (QED) is 0.477. The maximum absolute atomic E-state index is 6.05. The van der Waals surface area contributed by atoms with Crippen LogP contribution in [-0.4, -0.2) is 55.0 Å². The summed E-state index contributed by atoms with van der Waals surface area (Å²) in [6, 6.07) is 0. The molecule has 0 aromatic carbocycles. The van der Waals surface area contributed by atoms with Gasteiger partial charge in [-0.1, -0.05) is 6.92 Å². The Morgan fingerprint density at radius 2 is 1.75 bits per heavy atom. The van der Waals surface area contributed by atoms with Gasteiger partial charge >= 0.3 is 0 Å². The van der Waals surface area contributed by atoms with Crippen LogP contribution in [0.4, 0.5) is 0 Å². The van der Waals surface area contributed by atoms with Gasteiger partial charge in [-0.3, -0.25) is 4.99 Å². The zero-order valence-corrected chi connectivity index (χ0v) is 13.2. The smallest absolute Gasteiger partial charge is 0.191 e. The second-order valence-electron chi connectivity index (χ2n) is 6.52. The second kappa shape index (κ2) is 8.50. The number of rotatable bonds is 5. The molecule has 4 heteroatoms. The number of piperidine rings is 2. The summed E-state index contributed by atoms with van der Waals surface area (Å²) in [5.74, 6) is 1.71. The molecule has 2 aliphatic rings. The van der Waals surface area contributed by atoms with E-state index < -0.39 is 0 Å². The highest BCUT2D eigenvalue weighted by Gasteiger charge is 2.14. The molecule has 0 unspecified atom stereocenters. The minimum absolute atomic E-state index is 0.775. The predicted molar refractivity (Wildman–Crippen MR) is 86.0 cm³/mol. The van der Waals surface area contributed by atoms with Gasteiger partial charge in [-0.25, -0.2) is 0 Å². The van der Waals surface area contributed by atoms with Gasteiger partial charge in [-0.15, -0.1) is 0 Å². The minimum atomic E-state index is 0.775. The third-order valence-electron chi connectivity index (χ3n) is 4.71. The molecule has 2 fully saturated rings. The van der Waals surface area contributed by atoms with Crippen LogP contribution in [0, 0.1) is 5.92 Å². The molecule has 0 bridgehead atoms. The molecule has 0 spiro atoms. The van der Waals surface area contributed by atoms with Crippen molar-refractivity contribution in [3.63, 3.8) is 0 Å². The van der Waals surface area contributed by atoms with Gasteiger partial charge in [-0.05, 0) is 70.5 Å². The van der Waals surface area contributed by atoms with Crippen molar-refractivity contribution in [2.24, 2.45) is 16.6 Å². The Morgan fingerprint density at radius 3 is 2.45 bits per heavy atom. The molecule has 4 nitrogen and oxygen atoms in total. The molecule has 20 heavy (non-hydrogen) atoms. The second-order valence-corrected chi connectivity index (χ2v) is 6.52. The SMILES string of the molecule is CC1CCN(CCCCN=C(N)N2CCCCC2)CC1. The normalized spacial score (nSPS) is 23.2. The fourth-order valence-electron chi connectivity index (χ4n) is 3.15. The molecule has 0 aromatic heterocycles. The molecule has 0 radical (unpaired) electrons. The maximum Gasteiger partial charge on any atom is 0.191 e. The summed E-state index contributed by atoms with van der Waals surface area (Å²) >= 11 is 0. The first-order valence-corrected chi connectivity index (χ1v) is 8.53. The van der Waals surface area contributed by atoms with Crippen molar-refractivity contribution < 1.29 is 0 Å². The Hall–Kier alpha value is -0.770. The first-order valence-electron chi connectivity index (χ1n) is 8.53. The Morgan fingerprint density at radius 1 is 1.05 bits per heavy atom. The number of nitrogens with zero attached hydrogens (tertiary/aromatic N) is 3. The summed E-state index contributed by atoms with van der Waals surface area (Å²) in [6.07, 6.45) is 9.05. The lowest BCUT2D eigenvalue weighted by atomic mass is 9.99. The number of likely N-dealkylation sites (tertiary alicyclic amines) is 2. The molecule has 2 rings (SSSR count). The number of unbranched alkanes of at least 4 members (excludes halogenated alkanes) is 1. The van der Waals surface area contributed by atoms with Crippen LogP contribution in [0.1, 0.15) is 51.9 Å². The van der Waals surface area contributed by atoms with Gasteiger partial charge in [0.2, 0.25) is 0 Å². The van der Waals surface area contributed by atoms with E-state index in [0.29, 0.717) is 0 Å². The zero-order valence-electron chi connectivity index (χ0n) is 13.2. The van der Waals surface area contributed by atoms with E-state index in [9.17, 15) is 0 Å². The Balaban J connectivity index is 1.54.